The van der Waals surface area contributed by atoms with Crippen LogP contribution in [0.4, 0.5) is 5.82 Å². The van der Waals surface area contributed by atoms with Gasteiger partial charge in [0.05, 0.1) is 32.0 Å². The molecule has 1 fully saturated rings. The summed E-state index contributed by atoms with van der Waals surface area (Å²) in [6.45, 7) is 4.89. The number of amides is 1. The summed E-state index contributed by atoms with van der Waals surface area (Å²) in [4.78, 5) is 33.3. The predicted octanol–water partition coefficient (Wildman–Crippen LogP) is 3.29. The minimum atomic E-state index is -0.371. The number of anilines is 1. The van der Waals surface area contributed by atoms with Crippen molar-refractivity contribution in [3.8, 4) is 5.75 Å². The zero-order valence-electron chi connectivity index (χ0n) is 18.4. The van der Waals surface area contributed by atoms with Crippen molar-refractivity contribution < 1.29 is 23.5 Å². The summed E-state index contributed by atoms with van der Waals surface area (Å²) >= 11 is 0. The average molecular weight is 437 g/mol. The molecule has 4 rings (SSSR count). The number of carbonyl (C=O) groups excluding carboxylic acids is 2. The van der Waals surface area contributed by atoms with Gasteiger partial charge in [-0.25, -0.2) is 9.78 Å². The van der Waals surface area contributed by atoms with Crippen molar-refractivity contribution in [2.45, 2.75) is 19.8 Å². The number of benzene rings is 1. The first-order valence-corrected chi connectivity index (χ1v) is 10.8. The van der Waals surface area contributed by atoms with Crippen LogP contribution in [0.3, 0.4) is 0 Å². The summed E-state index contributed by atoms with van der Waals surface area (Å²) in [6, 6.07) is 9.18. The summed E-state index contributed by atoms with van der Waals surface area (Å²) in [6.07, 6.45) is 4.34. The highest BCUT2D eigenvalue weighted by Gasteiger charge is 2.22. The number of pyridine rings is 1. The van der Waals surface area contributed by atoms with Gasteiger partial charge in [-0.3, -0.25) is 4.79 Å². The molecule has 3 heterocycles. The normalized spacial score (nSPS) is 14.3. The molecule has 0 aliphatic carbocycles. The van der Waals surface area contributed by atoms with Crippen molar-refractivity contribution in [3.05, 3.63) is 53.9 Å². The maximum atomic E-state index is 13.0. The smallest absolute Gasteiger partial charge is 0.339 e. The van der Waals surface area contributed by atoms with E-state index in [1.807, 2.05) is 29.2 Å². The fourth-order valence-electron chi connectivity index (χ4n) is 3.91. The average Bonchev–Trinajstić information content (AvgIpc) is 3.04. The van der Waals surface area contributed by atoms with Crippen LogP contribution in [0.2, 0.25) is 0 Å². The van der Waals surface area contributed by atoms with Gasteiger partial charge in [0.15, 0.2) is 0 Å². The van der Waals surface area contributed by atoms with E-state index < -0.39 is 0 Å². The Morgan fingerprint density at radius 2 is 2.00 bits per heavy atom. The maximum Gasteiger partial charge on any atom is 0.339 e. The van der Waals surface area contributed by atoms with Crippen LogP contribution < -0.4 is 9.64 Å². The highest BCUT2D eigenvalue weighted by molar-refractivity contribution is 5.89. The van der Waals surface area contributed by atoms with Crippen LogP contribution in [0.1, 0.15) is 29.3 Å². The van der Waals surface area contributed by atoms with E-state index >= 15 is 0 Å². The van der Waals surface area contributed by atoms with Crippen molar-refractivity contribution in [2.75, 3.05) is 44.8 Å². The molecule has 1 aliphatic rings. The van der Waals surface area contributed by atoms with E-state index in [9.17, 15) is 9.59 Å². The van der Waals surface area contributed by atoms with Gasteiger partial charge < -0.3 is 23.7 Å². The third kappa shape index (κ3) is 4.69. The van der Waals surface area contributed by atoms with Crippen LogP contribution in [-0.2, 0) is 16.0 Å². The Bertz CT molecular complexity index is 1090. The molecule has 0 spiro atoms. The van der Waals surface area contributed by atoms with E-state index in [0.29, 0.717) is 43.8 Å². The van der Waals surface area contributed by atoms with E-state index in [4.69, 9.17) is 13.9 Å². The van der Waals surface area contributed by atoms with Crippen LogP contribution in [0, 0.1) is 0 Å². The van der Waals surface area contributed by atoms with Crippen LogP contribution in [0.15, 0.2) is 47.2 Å². The lowest BCUT2D eigenvalue weighted by molar-refractivity contribution is -0.130. The molecule has 3 aromatic rings. The van der Waals surface area contributed by atoms with Gasteiger partial charge in [0.2, 0.25) is 5.91 Å². The Kier molecular flexibility index (Phi) is 6.58. The zero-order chi connectivity index (χ0) is 22.5. The van der Waals surface area contributed by atoms with Gasteiger partial charge >= 0.3 is 5.97 Å². The van der Waals surface area contributed by atoms with Crippen molar-refractivity contribution in [1.82, 2.24) is 9.88 Å². The van der Waals surface area contributed by atoms with Gasteiger partial charge in [0.25, 0.3) is 0 Å². The van der Waals surface area contributed by atoms with Crippen LogP contribution in [0.25, 0.3) is 11.0 Å². The first-order valence-electron chi connectivity index (χ1n) is 10.8. The number of furan rings is 1. The quantitative estimate of drug-likeness (QED) is 0.547. The predicted molar refractivity (Wildman–Crippen MR) is 120 cm³/mol. The SMILES string of the molecule is CCOC(=O)c1ccc(N2CCCN(C(=O)Cc3coc4cc(OC)ccc34)CC2)nc1. The molecule has 168 valence electrons. The fourth-order valence-corrected chi connectivity index (χ4v) is 3.91. The zero-order valence-corrected chi connectivity index (χ0v) is 18.4. The minimum Gasteiger partial charge on any atom is -0.497 e. The van der Waals surface area contributed by atoms with Gasteiger partial charge in [-0.15, -0.1) is 0 Å². The molecule has 0 atom stereocenters. The maximum absolute atomic E-state index is 13.0. The second-order valence-corrected chi connectivity index (χ2v) is 7.65. The van der Waals surface area contributed by atoms with E-state index in [1.165, 1.54) is 0 Å². The lowest BCUT2D eigenvalue weighted by Gasteiger charge is -2.23. The largest absolute Gasteiger partial charge is 0.497 e. The Morgan fingerprint density at radius 1 is 1.12 bits per heavy atom. The molecule has 32 heavy (non-hydrogen) atoms. The van der Waals surface area contributed by atoms with Crippen LogP contribution >= 0.6 is 0 Å². The first kappa shape index (κ1) is 21.7. The highest BCUT2D eigenvalue weighted by atomic mass is 16.5. The Morgan fingerprint density at radius 3 is 2.75 bits per heavy atom. The van der Waals surface area contributed by atoms with E-state index in [1.54, 1.807) is 32.6 Å². The summed E-state index contributed by atoms with van der Waals surface area (Å²) in [5.74, 6) is 1.23. The Balaban J connectivity index is 1.38. The summed E-state index contributed by atoms with van der Waals surface area (Å²) < 4.78 is 15.9. The number of hydrogen-bond acceptors (Lipinski definition) is 7. The number of hydrogen-bond donors (Lipinski definition) is 0. The molecule has 1 saturated heterocycles. The number of methoxy groups -OCH3 is 1. The van der Waals surface area contributed by atoms with E-state index in [-0.39, 0.29) is 11.9 Å². The number of nitrogens with zero attached hydrogens (tertiary/aromatic N) is 3. The lowest BCUT2D eigenvalue weighted by atomic mass is 10.1. The summed E-state index contributed by atoms with van der Waals surface area (Å²) in [5.41, 5.74) is 2.03. The molecule has 0 N–H and O–H groups in total. The van der Waals surface area contributed by atoms with Crippen molar-refractivity contribution >= 4 is 28.7 Å². The van der Waals surface area contributed by atoms with Gasteiger partial charge in [-0.2, -0.15) is 0 Å². The van der Waals surface area contributed by atoms with Crippen LogP contribution in [0.5, 0.6) is 5.75 Å². The van der Waals surface area contributed by atoms with Crippen LogP contribution in [-0.4, -0.2) is 61.7 Å². The molecule has 0 unspecified atom stereocenters. The molecular formula is C24H27N3O5. The molecule has 0 radical (unpaired) electrons. The van der Waals surface area contributed by atoms with E-state index in [0.717, 1.165) is 35.5 Å². The van der Waals surface area contributed by atoms with Gasteiger partial charge in [-0.05, 0) is 37.6 Å². The molecule has 0 saturated carbocycles. The third-order valence-electron chi connectivity index (χ3n) is 5.64. The van der Waals surface area contributed by atoms with Gasteiger partial charge in [0.1, 0.15) is 17.2 Å². The monoisotopic (exact) mass is 437 g/mol. The molecule has 1 aromatic carbocycles. The second kappa shape index (κ2) is 9.72. The fraction of sp³-hybridized carbons (Fsp3) is 0.375. The first-order chi connectivity index (χ1) is 15.6. The van der Waals surface area contributed by atoms with Gasteiger partial charge in [-0.1, -0.05) is 0 Å². The number of fused-ring (bicyclic) bond motifs is 1. The van der Waals surface area contributed by atoms with E-state index in [2.05, 4.69) is 9.88 Å². The molecular weight excluding hydrogens is 410 g/mol. The molecule has 8 heteroatoms. The Hall–Kier alpha value is -3.55. The number of rotatable bonds is 6. The standard InChI is InChI=1S/C24H27N3O5/c1-3-31-24(29)17-5-8-22(25-15-17)26-9-4-10-27(12-11-26)23(28)13-18-16-32-21-14-19(30-2)6-7-20(18)21/h5-8,14-16H,3-4,9-13H2,1-2H3. The minimum absolute atomic E-state index is 0.0796. The number of carbonyl (C=O) groups is 2. The summed E-state index contributed by atoms with van der Waals surface area (Å²) in [7, 11) is 1.61. The number of esters is 1. The molecule has 1 aliphatic heterocycles. The third-order valence-corrected chi connectivity index (χ3v) is 5.64. The molecule has 2 aromatic heterocycles. The highest BCUT2D eigenvalue weighted by Crippen LogP contribution is 2.26. The number of aromatic nitrogens is 1. The number of ether oxygens (including phenoxy) is 2. The molecule has 0 bridgehead atoms. The van der Waals surface area contributed by atoms with Crippen molar-refractivity contribution in [1.29, 1.82) is 0 Å². The van der Waals surface area contributed by atoms with Crippen molar-refractivity contribution in [3.63, 3.8) is 0 Å². The molecule has 1 amide bonds. The topological polar surface area (TPSA) is 85.1 Å². The Labute approximate surface area is 186 Å². The van der Waals surface area contributed by atoms with Crippen molar-refractivity contribution in [2.24, 2.45) is 0 Å². The molecule has 8 nitrogen and oxygen atoms in total. The van der Waals surface area contributed by atoms with Gasteiger partial charge in [0, 0.05) is 49.4 Å². The lowest BCUT2D eigenvalue weighted by Crippen LogP contribution is -2.36. The summed E-state index contributed by atoms with van der Waals surface area (Å²) in [5, 5.41) is 0.932. The second-order valence-electron chi connectivity index (χ2n) is 7.65.